The van der Waals surface area contributed by atoms with Gasteiger partial charge in [0.1, 0.15) is 0 Å². The summed E-state index contributed by atoms with van der Waals surface area (Å²) in [6.45, 7) is 0. The van der Waals surface area contributed by atoms with Crippen LogP contribution < -0.4 is 20.7 Å². The fourth-order valence-corrected chi connectivity index (χ4v) is 14.3. The Morgan fingerprint density at radius 3 is 1.49 bits per heavy atom. The van der Waals surface area contributed by atoms with Crippen LogP contribution in [-0.2, 0) is 0 Å². The molecule has 0 bridgehead atoms. The number of benzene rings is 9. The molecule has 2 aromatic heterocycles. The van der Waals surface area contributed by atoms with Gasteiger partial charge in [-0.1, -0.05) is 170 Å². The Hall–Kier alpha value is -7.71. The highest BCUT2D eigenvalue weighted by Crippen LogP contribution is 2.40. The van der Waals surface area contributed by atoms with Gasteiger partial charge in [-0.25, -0.2) is 0 Å². The van der Waals surface area contributed by atoms with Gasteiger partial charge in [0.05, 0.1) is 33.7 Å². The van der Waals surface area contributed by atoms with E-state index in [1.165, 1.54) is 47.8 Å². The van der Waals surface area contributed by atoms with Crippen LogP contribution in [0.2, 0.25) is 0 Å². The molecule has 2 heterocycles. The number of rotatable bonds is 7. The van der Waals surface area contributed by atoms with Crippen molar-refractivity contribution < 1.29 is 0 Å². The van der Waals surface area contributed by atoms with E-state index < -0.39 is 8.07 Å². The first kappa shape index (κ1) is 34.5. The number of aromatic nitrogens is 2. The van der Waals surface area contributed by atoms with E-state index in [1.54, 1.807) is 0 Å². The summed E-state index contributed by atoms with van der Waals surface area (Å²) in [4.78, 5) is 0. The van der Waals surface area contributed by atoms with Crippen LogP contribution in [0.1, 0.15) is 5.56 Å². The Morgan fingerprint density at radius 1 is 0.356 bits per heavy atom. The molecule has 3 nitrogen and oxygen atoms in total. The molecule has 11 aromatic rings. The highest BCUT2D eigenvalue weighted by molar-refractivity contribution is 7.19. The van der Waals surface area contributed by atoms with E-state index in [1.807, 2.05) is 18.2 Å². The fraction of sp³-hybridized carbons (Fsp3) is 0. The second kappa shape index (κ2) is 14.0. The molecule has 0 saturated heterocycles. The van der Waals surface area contributed by atoms with Gasteiger partial charge in [0.15, 0.2) is 8.07 Å². The summed E-state index contributed by atoms with van der Waals surface area (Å²) in [7, 11) is -2.66. The first-order chi connectivity index (χ1) is 29.2. The molecule has 0 fully saturated rings. The number of fused-ring (bicyclic) bond motifs is 6. The lowest BCUT2D eigenvalue weighted by Gasteiger charge is -2.34. The minimum Gasteiger partial charge on any atom is -0.309 e. The maximum Gasteiger partial charge on any atom is 0.179 e. The van der Waals surface area contributed by atoms with Crippen molar-refractivity contribution in [2.45, 2.75) is 0 Å². The quantitative estimate of drug-likeness (QED) is 0.117. The maximum absolute atomic E-state index is 9.82. The van der Waals surface area contributed by atoms with Crippen molar-refractivity contribution >= 4 is 72.4 Å². The molecule has 0 saturated carbocycles. The van der Waals surface area contributed by atoms with Crippen LogP contribution in [0.3, 0.4) is 0 Å². The lowest BCUT2D eigenvalue weighted by Crippen LogP contribution is -2.74. The van der Waals surface area contributed by atoms with Crippen molar-refractivity contribution in [3.63, 3.8) is 0 Å². The first-order valence-corrected chi connectivity index (χ1v) is 22.1. The van der Waals surface area contributed by atoms with Gasteiger partial charge in [-0.2, -0.15) is 5.26 Å². The normalized spacial score (nSPS) is 11.7. The molecule has 0 aliphatic rings. The molecule has 0 atom stereocenters. The second-order valence-corrected chi connectivity index (χ2v) is 19.0. The van der Waals surface area contributed by atoms with E-state index in [-0.39, 0.29) is 0 Å². The number of nitrogens with zero attached hydrogens (tertiary/aromatic N) is 3. The third-order valence-electron chi connectivity index (χ3n) is 12.1. The maximum atomic E-state index is 9.82. The molecule has 0 amide bonds. The summed E-state index contributed by atoms with van der Waals surface area (Å²) in [6, 6.07) is 83.8. The predicted molar refractivity (Wildman–Crippen MR) is 249 cm³/mol. The van der Waals surface area contributed by atoms with Crippen LogP contribution in [0, 0.1) is 11.3 Å². The number of para-hydroxylation sites is 3. The Balaban J connectivity index is 1.10. The lowest BCUT2D eigenvalue weighted by atomic mass is 10.00. The SMILES string of the molecule is N#Cc1cccc(-n2c3ccccc3c3cccc(-c4ccc5c(c4)c4ccccc4n5-c4ccc([Si](c5ccccc5)(c5ccccc5)c5ccccc5)cc4)c32)c1. The zero-order chi connectivity index (χ0) is 39.3. The van der Waals surface area contributed by atoms with Crippen LogP contribution in [0.25, 0.3) is 66.1 Å². The molecule has 59 heavy (non-hydrogen) atoms. The summed E-state index contributed by atoms with van der Waals surface area (Å²) in [5.41, 5.74) is 9.61. The average molecular weight is 768 g/mol. The minimum atomic E-state index is -2.66. The Labute approximate surface area is 343 Å². The molecule has 0 spiro atoms. The molecule has 4 heteroatoms. The average Bonchev–Trinajstić information content (AvgIpc) is 3.83. The third-order valence-corrected chi connectivity index (χ3v) is 16.9. The Bertz CT molecular complexity index is 3280. The summed E-state index contributed by atoms with van der Waals surface area (Å²) in [5.74, 6) is 0. The number of hydrogen-bond donors (Lipinski definition) is 0. The van der Waals surface area contributed by atoms with Crippen molar-refractivity contribution in [2.75, 3.05) is 0 Å². The van der Waals surface area contributed by atoms with E-state index in [9.17, 15) is 5.26 Å². The molecule has 0 aliphatic carbocycles. The topological polar surface area (TPSA) is 33.6 Å². The van der Waals surface area contributed by atoms with Crippen LogP contribution >= 0.6 is 0 Å². The van der Waals surface area contributed by atoms with Gasteiger partial charge in [0, 0.05) is 38.5 Å². The zero-order valence-corrected chi connectivity index (χ0v) is 33.2. The van der Waals surface area contributed by atoms with Crippen LogP contribution in [0.5, 0.6) is 0 Å². The van der Waals surface area contributed by atoms with E-state index in [4.69, 9.17) is 0 Å². The Kier molecular flexibility index (Phi) is 8.21. The fourth-order valence-electron chi connectivity index (χ4n) is 9.58. The molecule has 0 radical (unpaired) electrons. The van der Waals surface area contributed by atoms with Crippen LogP contribution in [0.15, 0.2) is 224 Å². The van der Waals surface area contributed by atoms with Crippen molar-refractivity contribution in [3.05, 3.63) is 230 Å². The molecule has 11 rings (SSSR count). The molecule has 9 aromatic carbocycles. The van der Waals surface area contributed by atoms with Gasteiger partial charge >= 0.3 is 0 Å². The molecular weight excluding hydrogens is 731 g/mol. The smallest absolute Gasteiger partial charge is 0.179 e. The van der Waals surface area contributed by atoms with E-state index >= 15 is 0 Å². The van der Waals surface area contributed by atoms with Gasteiger partial charge in [-0.3, -0.25) is 0 Å². The molecule has 276 valence electrons. The van der Waals surface area contributed by atoms with Gasteiger partial charge in [0.2, 0.25) is 0 Å². The Morgan fingerprint density at radius 2 is 0.864 bits per heavy atom. The predicted octanol–water partition coefficient (Wildman–Crippen LogP) is 10.8. The number of nitriles is 1. The largest absolute Gasteiger partial charge is 0.309 e. The standard InChI is InChI=1S/C55H37N3Si/c56-38-39-16-14-17-42(36-39)58-53-29-13-10-24-48(53)50-27-15-26-47(55(50)58)40-30-35-54-51(37-40)49-25-11-12-28-52(49)57(54)41-31-33-46(34-32-41)59(43-18-4-1-5-19-43,44-20-6-2-7-21-44)45-22-8-3-9-23-45/h1-37H. The zero-order valence-electron chi connectivity index (χ0n) is 32.2. The van der Waals surface area contributed by atoms with Gasteiger partial charge in [-0.05, 0) is 80.9 Å². The summed E-state index contributed by atoms with van der Waals surface area (Å²) < 4.78 is 4.74. The van der Waals surface area contributed by atoms with Gasteiger partial charge < -0.3 is 9.13 Å². The minimum absolute atomic E-state index is 0.640. The highest BCUT2D eigenvalue weighted by atomic mass is 28.3. The molecular formula is C55H37N3Si. The monoisotopic (exact) mass is 767 g/mol. The van der Waals surface area contributed by atoms with Crippen molar-refractivity contribution in [1.29, 1.82) is 5.26 Å². The first-order valence-electron chi connectivity index (χ1n) is 20.1. The van der Waals surface area contributed by atoms with E-state index in [0.29, 0.717) is 5.56 Å². The van der Waals surface area contributed by atoms with Crippen molar-refractivity contribution in [2.24, 2.45) is 0 Å². The summed E-state index contributed by atoms with van der Waals surface area (Å²) >= 11 is 0. The second-order valence-electron chi connectivity index (χ2n) is 15.2. The van der Waals surface area contributed by atoms with E-state index in [2.05, 4.69) is 221 Å². The van der Waals surface area contributed by atoms with Gasteiger partial charge in [-0.15, -0.1) is 0 Å². The van der Waals surface area contributed by atoms with Crippen molar-refractivity contribution in [1.82, 2.24) is 9.13 Å². The number of hydrogen-bond acceptors (Lipinski definition) is 1. The van der Waals surface area contributed by atoms with Crippen LogP contribution in [0.4, 0.5) is 0 Å². The van der Waals surface area contributed by atoms with Crippen molar-refractivity contribution in [3.8, 4) is 28.6 Å². The third kappa shape index (κ3) is 5.40. The van der Waals surface area contributed by atoms with E-state index in [0.717, 1.165) is 39.1 Å². The summed E-state index contributed by atoms with van der Waals surface area (Å²) in [5, 5.41) is 20.0. The van der Waals surface area contributed by atoms with Crippen LogP contribution in [-0.4, -0.2) is 17.2 Å². The highest BCUT2D eigenvalue weighted by Gasteiger charge is 2.41. The van der Waals surface area contributed by atoms with Gasteiger partial charge in [0.25, 0.3) is 0 Å². The molecule has 0 unspecified atom stereocenters. The lowest BCUT2D eigenvalue weighted by molar-refractivity contribution is 1.18. The molecule has 0 aliphatic heterocycles. The molecule has 0 N–H and O–H groups in total. The summed E-state index contributed by atoms with van der Waals surface area (Å²) in [6.07, 6.45) is 0.